The molecule has 6 N–H and O–H groups in total. The number of aldehydes is 1. The summed E-state index contributed by atoms with van der Waals surface area (Å²) >= 11 is 0. The maximum Gasteiger partial charge on any atom is 0.238 e. The summed E-state index contributed by atoms with van der Waals surface area (Å²) in [5, 5.41) is 9.84. The van der Waals surface area contributed by atoms with Crippen molar-refractivity contribution in [2.75, 3.05) is 5.73 Å². The molecule has 0 saturated heterocycles. The van der Waals surface area contributed by atoms with Gasteiger partial charge in [0.15, 0.2) is 0 Å². The zero-order chi connectivity index (χ0) is 27.3. The number of carbonyl (C=O) groups is 1. The Morgan fingerprint density at radius 3 is 1.32 bits per heavy atom. The molecule has 0 aliphatic rings. The van der Waals surface area contributed by atoms with E-state index in [9.17, 15) is 21.6 Å². The normalized spacial score (nSPS) is 11.0. The molecule has 0 aromatic heterocycles. The lowest BCUT2D eigenvalue weighted by Gasteiger charge is -1.98. The summed E-state index contributed by atoms with van der Waals surface area (Å²) < 4.78 is 43.6. The van der Waals surface area contributed by atoms with Gasteiger partial charge in [-0.05, 0) is 54.1 Å². The molecule has 192 valence electrons. The molecule has 11 heteroatoms. The van der Waals surface area contributed by atoms with Crippen molar-refractivity contribution in [3.8, 4) is 0 Å². The van der Waals surface area contributed by atoms with Gasteiger partial charge in [0.2, 0.25) is 20.0 Å². The Morgan fingerprint density at radius 1 is 0.568 bits per heavy atom. The third-order valence-electron chi connectivity index (χ3n) is 4.47. The van der Waals surface area contributed by atoms with Gasteiger partial charge < -0.3 is 5.73 Å². The Labute approximate surface area is 216 Å². The number of primary sulfonamides is 2. The Kier molecular flexibility index (Phi) is 10.8. The summed E-state index contributed by atoms with van der Waals surface area (Å²) in [5.74, 6) is 0. The second-order valence-corrected chi connectivity index (χ2v) is 10.5. The minimum Gasteiger partial charge on any atom is -0.399 e. The van der Waals surface area contributed by atoms with Crippen molar-refractivity contribution in [1.29, 1.82) is 0 Å². The van der Waals surface area contributed by atoms with Gasteiger partial charge in [-0.1, -0.05) is 60.7 Å². The Bertz CT molecular complexity index is 1510. The summed E-state index contributed by atoms with van der Waals surface area (Å²) in [6.07, 6.45) is 2.30. The zero-order valence-electron chi connectivity index (χ0n) is 19.6. The minimum atomic E-state index is -3.64. The van der Waals surface area contributed by atoms with Crippen LogP contribution in [0.2, 0.25) is 0 Å². The third kappa shape index (κ3) is 11.0. The quantitative estimate of drug-likeness (QED) is 0.199. The molecule has 0 amide bonds. The number of benzene rings is 4. The van der Waals surface area contributed by atoms with E-state index in [0.29, 0.717) is 11.8 Å². The number of para-hydroxylation sites is 2. The predicted octanol–water partition coefficient (Wildman–Crippen LogP) is 3.50. The number of hydrogen-bond donors (Lipinski definition) is 3. The van der Waals surface area contributed by atoms with E-state index < -0.39 is 20.0 Å². The van der Waals surface area contributed by atoms with Crippen molar-refractivity contribution in [3.63, 3.8) is 0 Å². The molecule has 0 bridgehead atoms. The van der Waals surface area contributed by atoms with Crippen molar-refractivity contribution >= 4 is 43.9 Å². The van der Waals surface area contributed by atoms with Crippen LogP contribution in [0.5, 0.6) is 0 Å². The summed E-state index contributed by atoms with van der Waals surface area (Å²) in [6, 6.07) is 30.6. The second kappa shape index (κ2) is 13.8. The Morgan fingerprint density at radius 2 is 0.973 bits per heavy atom. The standard InChI is InChI=1S/C13H12N2O2S.C7H7NO3S.C6H7N/c14-18(16,17)13-8-6-11(7-9-13)10-15-12-4-2-1-3-5-12;8-12(10,11)7-3-1-6(5-9)2-4-7;7-6-4-2-1-3-5-6/h1-10H,(H2,14,16,17);1-5H,(H2,8,10,11);1-5H,7H2. The van der Waals surface area contributed by atoms with Crippen molar-refractivity contribution in [2.45, 2.75) is 9.79 Å². The van der Waals surface area contributed by atoms with E-state index in [1.807, 2.05) is 60.7 Å². The number of sulfonamides is 2. The van der Waals surface area contributed by atoms with E-state index in [1.54, 1.807) is 18.3 Å². The molecule has 0 spiro atoms. The van der Waals surface area contributed by atoms with Crippen LogP contribution < -0.4 is 16.0 Å². The lowest BCUT2D eigenvalue weighted by molar-refractivity contribution is 0.112. The first kappa shape index (κ1) is 29.1. The van der Waals surface area contributed by atoms with Crippen LogP contribution in [-0.2, 0) is 20.0 Å². The molecule has 0 radical (unpaired) electrons. The fourth-order valence-electron chi connectivity index (χ4n) is 2.60. The van der Waals surface area contributed by atoms with Gasteiger partial charge in [0.1, 0.15) is 6.29 Å². The van der Waals surface area contributed by atoms with Gasteiger partial charge in [0, 0.05) is 17.5 Å². The van der Waals surface area contributed by atoms with Crippen molar-refractivity contribution < 1.29 is 21.6 Å². The number of anilines is 1. The first-order valence-corrected chi connectivity index (χ1v) is 13.7. The topological polar surface area (TPSA) is 176 Å². The first-order valence-electron chi connectivity index (χ1n) is 10.6. The molecule has 0 saturated carbocycles. The molecule has 4 aromatic rings. The lowest BCUT2D eigenvalue weighted by Crippen LogP contribution is -2.11. The van der Waals surface area contributed by atoms with Crippen LogP contribution in [0.25, 0.3) is 0 Å². The molecular weight excluding hydrogens is 512 g/mol. The SMILES string of the molecule is NS(=O)(=O)c1ccc(C=Nc2ccccc2)cc1.NS(=O)(=O)c1ccc(C=O)cc1.Nc1ccccc1. The highest BCUT2D eigenvalue weighted by Gasteiger charge is 2.06. The molecule has 0 aliphatic carbocycles. The number of nitrogens with two attached hydrogens (primary N) is 3. The second-order valence-electron chi connectivity index (χ2n) is 7.35. The lowest BCUT2D eigenvalue weighted by atomic mass is 10.2. The zero-order valence-corrected chi connectivity index (χ0v) is 21.2. The molecule has 0 heterocycles. The van der Waals surface area contributed by atoms with Crippen LogP contribution in [0, 0.1) is 0 Å². The van der Waals surface area contributed by atoms with Crippen LogP contribution in [-0.4, -0.2) is 29.3 Å². The summed E-state index contributed by atoms with van der Waals surface area (Å²) in [4.78, 5) is 14.6. The van der Waals surface area contributed by atoms with E-state index in [2.05, 4.69) is 4.99 Å². The highest BCUT2D eigenvalue weighted by molar-refractivity contribution is 7.89. The van der Waals surface area contributed by atoms with Gasteiger partial charge in [0.05, 0.1) is 15.5 Å². The highest BCUT2D eigenvalue weighted by atomic mass is 32.2. The van der Waals surface area contributed by atoms with Crippen LogP contribution >= 0.6 is 0 Å². The molecular formula is C26H26N4O5S2. The molecule has 4 aromatic carbocycles. The third-order valence-corrected chi connectivity index (χ3v) is 6.33. The summed E-state index contributed by atoms with van der Waals surface area (Å²) in [7, 11) is -7.27. The number of nitrogen functional groups attached to an aromatic ring is 1. The van der Waals surface area contributed by atoms with E-state index in [-0.39, 0.29) is 9.79 Å². The number of nitrogens with zero attached hydrogens (tertiary/aromatic N) is 1. The van der Waals surface area contributed by atoms with Gasteiger partial charge in [-0.2, -0.15) is 0 Å². The molecule has 0 aliphatic heterocycles. The van der Waals surface area contributed by atoms with Crippen LogP contribution in [0.1, 0.15) is 15.9 Å². The number of hydrogen-bond acceptors (Lipinski definition) is 7. The molecule has 0 atom stereocenters. The van der Waals surface area contributed by atoms with Crippen LogP contribution in [0.15, 0.2) is 124 Å². The molecule has 0 unspecified atom stereocenters. The van der Waals surface area contributed by atoms with Crippen LogP contribution in [0.3, 0.4) is 0 Å². The highest BCUT2D eigenvalue weighted by Crippen LogP contribution is 2.11. The monoisotopic (exact) mass is 538 g/mol. The summed E-state index contributed by atoms with van der Waals surface area (Å²) in [6.45, 7) is 0. The van der Waals surface area contributed by atoms with Gasteiger partial charge in [-0.25, -0.2) is 27.1 Å². The molecule has 4 rings (SSSR count). The van der Waals surface area contributed by atoms with Gasteiger partial charge in [-0.3, -0.25) is 9.79 Å². The molecule has 37 heavy (non-hydrogen) atoms. The van der Waals surface area contributed by atoms with Gasteiger partial charge >= 0.3 is 0 Å². The van der Waals surface area contributed by atoms with E-state index >= 15 is 0 Å². The van der Waals surface area contributed by atoms with Crippen molar-refractivity contribution in [2.24, 2.45) is 15.3 Å². The fraction of sp³-hybridized carbons (Fsp3) is 0. The van der Waals surface area contributed by atoms with E-state index in [0.717, 1.165) is 16.9 Å². The van der Waals surface area contributed by atoms with E-state index in [1.165, 1.54) is 36.4 Å². The first-order chi connectivity index (χ1) is 17.5. The Balaban J connectivity index is 0.000000217. The largest absolute Gasteiger partial charge is 0.399 e. The maximum absolute atomic E-state index is 11.1. The average molecular weight is 539 g/mol. The predicted molar refractivity (Wildman–Crippen MR) is 146 cm³/mol. The van der Waals surface area contributed by atoms with Crippen LogP contribution in [0.4, 0.5) is 11.4 Å². The number of carbonyl (C=O) groups excluding carboxylic acids is 1. The van der Waals surface area contributed by atoms with Gasteiger partial charge in [-0.15, -0.1) is 0 Å². The average Bonchev–Trinajstić information content (AvgIpc) is 2.88. The smallest absolute Gasteiger partial charge is 0.238 e. The molecule has 9 nitrogen and oxygen atoms in total. The number of rotatable bonds is 5. The number of aliphatic imine (C=N–C) groups is 1. The van der Waals surface area contributed by atoms with Gasteiger partial charge in [0.25, 0.3) is 0 Å². The Hall–Kier alpha value is -4.16. The van der Waals surface area contributed by atoms with E-state index in [4.69, 9.17) is 16.0 Å². The molecule has 0 fully saturated rings. The summed E-state index contributed by atoms with van der Waals surface area (Å²) in [5.41, 5.74) is 8.25. The van der Waals surface area contributed by atoms with Crippen molar-refractivity contribution in [3.05, 3.63) is 120 Å². The maximum atomic E-state index is 11.1. The van der Waals surface area contributed by atoms with Crippen molar-refractivity contribution in [1.82, 2.24) is 0 Å². The fourth-order valence-corrected chi connectivity index (χ4v) is 3.63. The minimum absolute atomic E-state index is 0.00750.